The summed E-state index contributed by atoms with van der Waals surface area (Å²) in [5.74, 6) is 0. The van der Waals surface area contributed by atoms with Gasteiger partial charge in [-0.2, -0.15) is 0 Å². The number of nitrogens with zero attached hydrogens (tertiary/aromatic N) is 1. The van der Waals surface area contributed by atoms with E-state index in [-0.39, 0.29) is 0 Å². The Bertz CT molecular complexity index is 482. The fourth-order valence-corrected chi connectivity index (χ4v) is 3.39. The van der Waals surface area contributed by atoms with Crippen LogP contribution >= 0.6 is 0 Å². The van der Waals surface area contributed by atoms with Crippen molar-refractivity contribution in [2.24, 2.45) is 0 Å². The molecule has 114 valence electrons. The summed E-state index contributed by atoms with van der Waals surface area (Å²) in [7, 11) is 0. The van der Waals surface area contributed by atoms with Crippen LogP contribution in [-0.2, 0) is 0 Å². The summed E-state index contributed by atoms with van der Waals surface area (Å²) in [5.41, 5.74) is 3.86. The number of hydrogen-bond donors (Lipinski definition) is 0. The Labute approximate surface area is 138 Å². The molecule has 0 saturated heterocycles. The number of allylic oxidation sites excluding steroid dienone is 2. The van der Waals surface area contributed by atoms with Crippen molar-refractivity contribution in [2.75, 3.05) is 13.1 Å². The van der Waals surface area contributed by atoms with Crippen LogP contribution in [-0.4, -0.2) is 38.1 Å². The first-order valence-corrected chi connectivity index (χ1v) is 8.75. The second-order valence-corrected chi connectivity index (χ2v) is 5.93. The van der Waals surface area contributed by atoms with Crippen LogP contribution in [0.25, 0.3) is 5.57 Å². The predicted octanol–water partition coefficient (Wildman–Crippen LogP) is 4.46. The molecule has 0 N–H and O–H groups in total. The van der Waals surface area contributed by atoms with E-state index in [4.69, 9.17) is 0 Å². The van der Waals surface area contributed by atoms with E-state index in [1.807, 2.05) is 6.08 Å². The molecule has 1 rings (SSSR count). The van der Waals surface area contributed by atoms with Gasteiger partial charge in [0.2, 0.25) is 0 Å². The van der Waals surface area contributed by atoms with E-state index in [1.165, 1.54) is 21.3 Å². The molecule has 1 nitrogen and oxygen atoms in total. The Morgan fingerprint density at radius 3 is 2.10 bits per heavy atom. The van der Waals surface area contributed by atoms with Gasteiger partial charge in [-0.25, -0.2) is 0 Å². The molecular weight excluding hydrogens is 321 g/mol. The van der Waals surface area contributed by atoms with E-state index in [9.17, 15) is 0 Å². The van der Waals surface area contributed by atoms with Gasteiger partial charge in [-0.15, -0.1) is 0 Å². The molecule has 0 aromatic heterocycles. The van der Waals surface area contributed by atoms with Crippen molar-refractivity contribution in [3.8, 4) is 0 Å². The molecule has 0 spiro atoms. The third kappa shape index (κ3) is 4.98. The predicted molar refractivity (Wildman–Crippen MR) is 96.8 cm³/mol. The Morgan fingerprint density at radius 1 is 1.10 bits per heavy atom. The second-order valence-electron chi connectivity index (χ2n) is 5.12. The molecule has 0 saturated carbocycles. The Kier molecular flexibility index (Phi) is 8.34. The molecule has 0 unspecified atom stereocenters. The van der Waals surface area contributed by atoms with Crippen LogP contribution in [0.2, 0.25) is 0 Å². The molecule has 0 bridgehead atoms. The fraction of sp³-hybridized carbons (Fsp3) is 0.421. The minimum absolute atomic E-state index is 0.991. The average Bonchev–Trinajstić information content (AvgIpc) is 2.52. The van der Waals surface area contributed by atoms with E-state index in [0.717, 1.165) is 32.4 Å². The molecule has 0 aliphatic rings. The third-order valence-electron chi connectivity index (χ3n) is 3.50. The zero-order chi connectivity index (χ0) is 15.7. The molecule has 21 heavy (non-hydrogen) atoms. The number of hydrogen-bond acceptors (Lipinski definition) is 1. The first-order chi connectivity index (χ1) is 10.2. The molecule has 0 aliphatic carbocycles. The summed E-state index contributed by atoms with van der Waals surface area (Å²) in [5, 5.41) is 0. The van der Waals surface area contributed by atoms with E-state index in [2.05, 4.69) is 78.2 Å². The molecule has 0 heterocycles. The van der Waals surface area contributed by atoms with Crippen molar-refractivity contribution in [3.63, 3.8) is 0 Å². The van der Waals surface area contributed by atoms with E-state index in [1.54, 1.807) is 0 Å². The normalized spacial score (nSPS) is 11.8. The standard InChI is InChI=1S/C19H27NSe/c1-5-14-20(15-6-2)19(21)18(16(7-3)8-4)17-12-10-9-11-13-17/h7,9-13H,3,5-6,8,14-15H2,1-2,4H3/b18-16-. The Balaban J connectivity index is 3.27. The summed E-state index contributed by atoms with van der Waals surface area (Å²) in [6, 6.07) is 10.6. The molecule has 0 aliphatic heterocycles. The summed E-state index contributed by atoms with van der Waals surface area (Å²) in [4.78, 5) is 2.46. The van der Waals surface area contributed by atoms with Crippen LogP contribution in [0.1, 0.15) is 45.6 Å². The van der Waals surface area contributed by atoms with Gasteiger partial charge in [0.15, 0.2) is 0 Å². The van der Waals surface area contributed by atoms with Crippen molar-refractivity contribution in [1.82, 2.24) is 4.90 Å². The van der Waals surface area contributed by atoms with Gasteiger partial charge in [-0.3, -0.25) is 0 Å². The Morgan fingerprint density at radius 2 is 1.67 bits per heavy atom. The Hall–Kier alpha value is -1.11. The van der Waals surface area contributed by atoms with Crippen molar-refractivity contribution >= 4 is 25.7 Å². The molecule has 2 heteroatoms. The van der Waals surface area contributed by atoms with Crippen LogP contribution in [0, 0.1) is 0 Å². The molecular formula is C19H27NSe. The first-order valence-electron chi connectivity index (χ1n) is 7.89. The van der Waals surface area contributed by atoms with Gasteiger partial charge >= 0.3 is 138 Å². The quantitative estimate of drug-likeness (QED) is 0.471. The van der Waals surface area contributed by atoms with Crippen LogP contribution in [0.4, 0.5) is 0 Å². The zero-order valence-electron chi connectivity index (χ0n) is 13.6. The third-order valence-corrected chi connectivity index (χ3v) is 4.47. The molecule has 0 amide bonds. The molecule has 1 aromatic rings. The van der Waals surface area contributed by atoms with Crippen molar-refractivity contribution in [3.05, 3.63) is 54.1 Å². The van der Waals surface area contributed by atoms with Crippen LogP contribution in [0.3, 0.4) is 0 Å². The zero-order valence-corrected chi connectivity index (χ0v) is 15.3. The van der Waals surface area contributed by atoms with E-state index >= 15 is 0 Å². The van der Waals surface area contributed by atoms with Gasteiger partial charge in [0.05, 0.1) is 0 Å². The molecule has 0 radical (unpaired) electrons. The van der Waals surface area contributed by atoms with Gasteiger partial charge in [0, 0.05) is 0 Å². The number of benzene rings is 1. The van der Waals surface area contributed by atoms with Gasteiger partial charge in [-0.1, -0.05) is 0 Å². The first kappa shape index (κ1) is 17.9. The number of rotatable bonds is 9. The van der Waals surface area contributed by atoms with E-state index in [0.29, 0.717) is 0 Å². The van der Waals surface area contributed by atoms with Gasteiger partial charge in [0.25, 0.3) is 0 Å². The molecule has 0 fully saturated rings. The molecule has 1 aromatic carbocycles. The fourth-order valence-electron chi connectivity index (χ4n) is 2.49. The van der Waals surface area contributed by atoms with E-state index < -0.39 is 0 Å². The van der Waals surface area contributed by atoms with Crippen molar-refractivity contribution < 1.29 is 0 Å². The summed E-state index contributed by atoms with van der Waals surface area (Å²) >= 11 is 3.33. The van der Waals surface area contributed by atoms with Gasteiger partial charge < -0.3 is 0 Å². The summed E-state index contributed by atoms with van der Waals surface area (Å²) in [6.45, 7) is 12.8. The monoisotopic (exact) mass is 349 g/mol. The van der Waals surface area contributed by atoms with Crippen LogP contribution in [0.5, 0.6) is 0 Å². The average molecular weight is 348 g/mol. The van der Waals surface area contributed by atoms with Gasteiger partial charge in [-0.05, 0) is 0 Å². The summed E-state index contributed by atoms with van der Waals surface area (Å²) < 4.78 is 1.25. The maximum absolute atomic E-state index is 4.01. The van der Waals surface area contributed by atoms with Crippen molar-refractivity contribution in [1.29, 1.82) is 0 Å². The molecule has 0 atom stereocenters. The second kappa shape index (κ2) is 9.76. The maximum atomic E-state index is 4.01. The van der Waals surface area contributed by atoms with Crippen LogP contribution < -0.4 is 0 Å². The van der Waals surface area contributed by atoms with Gasteiger partial charge in [0.1, 0.15) is 0 Å². The topological polar surface area (TPSA) is 3.24 Å². The SMILES string of the molecule is C=C/C(CC)=C(/C(=[Se])N(CCC)CCC)c1ccccc1. The van der Waals surface area contributed by atoms with Crippen molar-refractivity contribution in [2.45, 2.75) is 40.0 Å². The summed E-state index contributed by atoms with van der Waals surface area (Å²) in [6.07, 6.45) is 5.30. The van der Waals surface area contributed by atoms with Crippen LogP contribution in [0.15, 0.2) is 48.6 Å². The minimum atomic E-state index is 0.991.